The Bertz CT molecular complexity index is 951. The van der Waals surface area contributed by atoms with E-state index in [2.05, 4.69) is 54.0 Å². The number of hydrogen-bond acceptors (Lipinski definition) is 4. The van der Waals surface area contributed by atoms with E-state index in [4.69, 9.17) is 9.47 Å². The van der Waals surface area contributed by atoms with E-state index >= 15 is 0 Å². The van der Waals surface area contributed by atoms with Crippen LogP contribution in [0.25, 0.3) is 11.1 Å². The number of nitrogens with zero attached hydrogens (tertiary/aromatic N) is 1. The van der Waals surface area contributed by atoms with Crippen LogP contribution in [0.3, 0.4) is 0 Å². The zero-order chi connectivity index (χ0) is 21.8. The summed E-state index contributed by atoms with van der Waals surface area (Å²) in [5, 5.41) is 1.34. The van der Waals surface area contributed by atoms with Crippen molar-refractivity contribution in [2.24, 2.45) is 5.41 Å². The molecule has 1 fully saturated rings. The average Bonchev–Trinajstić information content (AvgIpc) is 3.47. The summed E-state index contributed by atoms with van der Waals surface area (Å²) < 4.78 is 10.3. The Kier molecular flexibility index (Phi) is 5.98. The lowest BCUT2D eigenvalue weighted by molar-refractivity contribution is 0.0415. The number of ether oxygens (including phenoxy) is 2. The van der Waals surface area contributed by atoms with Crippen LogP contribution in [0.15, 0.2) is 66.7 Å². The lowest BCUT2D eigenvalue weighted by Crippen LogP contribution is -2.56. The molecule has 2 aromatic carbocycles. The smallest absolute Gasteiger partial charge is 0.429 e. The van der Waals surface area contributed by atoms with Crippen LogP contribution in [0.5, 0.6) is 0 Å². The van der Waals surface area contributed by atoms with Gasteiger partial charge in [0.15, 0.2) is 0 Å². The number of hydrazine groups is 1. The van der Waals surface area contributed by atoms with Gasteiger partial charge in [-0.25, -0.2) is 20.0 Å². The summed E-state index contributed by atoms with van der Waals surface area (Å²) in [7, 11) is 0. The summed E-state index contributed by atoms with van der Waals surface area (Å²) in [4.78, 5) is 25.0. The molecule has 4 rings (SSSR count). The second-order valence-electron chi connectivity index (χ2n) is 7.95. The lowest BCUT2D eigenvalue weighted by Gasteiger charge is -2.35. The third kappa shape index (κ3) is 4.29. The van der Waals surface area contributed by atoms with Crippen LogP contribution in [-0.2, 0) is 9.47 Å². The molecule has 2 aliphatic carbocycles. The Morgan fingerprint density at radius 2 is 1.61 bits per heavy atom. The van der Waals surface area contributed by atoms with E-state index in [0.29, 0.717) is 0 Å². The summed E-state index contributed by atoms with van der Waals surface area (Å²) >= 11 is 0. The number of nitrogens with one attached hydrogen (secondary N) is 1. The van der Waals surface area contributed by atoms with E-state index in [1.165, 1.54) is 5.01 Å². The fraction of sp³-hybridized carbons (Fsp3) is 0.360. The first-order chi connectivity index (χ1) is 15.1. The van der Waals surface area contributed by atoms with Crippen LogP contribution >= 0.6 is 0 Å². The number of benzene rings is 2. The molecule has 162 valence electrons. The van der Waals surface area contributed by atoms with Crippen LogP contribution in [0.1, 0.15) is 38.2 Å². The largest absolute Gasteiger partial charge is 0.449 e. The molecule has 1 saturated carbocycles. The number of rotatable bonds is 5. The monoisotopic (exact) mass is 420 g/mol. The Labute approximate surface area is 182 Å². The Balaban J connectivity index is 1.63. The van der Waals surface area contributed by atoms with Crippen LogP contribution in [0, 0.1) is 5.41 Å². The van der Waals surface area contributed by atoms with Crippen molar-refractivity contribution in [2.45, 2.75) is 38.6 Å². The molecule has 0 aromatic heterocycles. The molecule has 2 aromatic rings. The van der Waals surface area contributed by atoms with Gasteiger partial charge in [-0.15, -0.1) is 0 Å². The minimum Gasteiger partial charge on any atom is -0.449 e. The van der Waals surface area contributed by atoms with Crippen LogP contribution in [0.4, 0.5) is 9.59 Å². The Morgan fingerprint density at radius 3 is 2.23 bits per heavy atom. The van der Waals surface area contributed by atoms with Gasteiger partial charge in [-0.2, -0.15) is 0 Å². The minimum absolute atomic E-state index is 0.0568. The van der Waals surface area contributed by atoms with Gasteiger partial charge in [-0.1, -0.05) is 66.7 Å². The van der Waals surface area contributed by atoms with Gasteiger partial charge in [0.1, 0.15) is 0 Å². The molecule has 1 N–H and O–H groups in total. The quantitative estimate of drug-likeness (QED) is 0.528. The standard InChI is InChI=1S/C25H28N2O4/c1-3-30-23(28)26-27(24(29)31-4-2)22-21(14-15-25(22)16-17-25)20-12-10-19(11-13-20)18-8-6-5-7-9-18/h5-15,21-22H,3-4,16-17H2,1-2H3,(H,26,28)/t21-,22-/m1/s1. The van der Waals surface area contributed by atoms with Gasteiger partial charge < -0.3 is 9.47 Å². The van der Waals surface area contributed by atoms with Crippen molar-refractivity contribution in [1.82, 2.24) is 10.4 Å². The van der Waals surface area contributed by atoms with E-state index in [0.717, 1.165) is 29.5 Å². The number of hydrogen-bond donors (Lipinski definition) is 1. The maximum atomic E-state index is 12.8. The lowest BCUT2D eigenvalue weighted by atomic mass is 9.87. The highest BCUT2D eigenvalue weighted by molar-refractivity contribution is 5.75. The predicted molar refractivity (Wildman–Crippen MR) is 118 cm³/mol. The van der Waals surface area contributed by atoms with Crippen molar-refractivity contribution in [1.29, 1.82) is 0 Å². The molecule has 2 amide bonds. The van der Waals surface area contributed by atoms with Crippen molar-refractivity contribution < 1.29 is 19.1 Å². The molecule has 31 heavy (non-hydrogen) atoms. The van der Waals surface area contributed by atoms with Crippen molar-refractivity contribution in [3.05, 3.63) is 72.3 Å². The molecule has 0 heterocycles. The Morgan fingerprint density at radius 1 is 0.968 bits per heavy atom. The second kappa shape index (κ2) is 8.84. The molecule has 2 atom stereocenters. The minimum atomic E-state index is -0.656. The van der Waals surface area contributed by atoms with Gasteiger partial charge in [0.2, 0.25) is 0 Å². The molecule has 0 bridgehead atoms. The maximum Gasteiger partial charge on any atom is 0.429 e. The van der Waals surface area contributed by atoms with Gasteiger partial charge in [-0.05, 0) is 43.4 Å². The molecule has 0 radical (unpaired) electrons. The number of amides is 2. The molecule has 0 saturated heterocycles. The summed E-state index contributed by atoms with van der Waals surface area (Å²) in [5.41, 5.74) is 5.87. The van der Waals surface area contributed by atoms with Gasteiger partial charge in [-0.3, -0.25) is 0 Å². The van der Waals surface area contributed by atoms with Crippen molar-refractivity contribution in [3.8, 4) is 11.1 Å². The van der Waals surface area contributed by atoms with Crippen LogP contribution in [-0.4, -0.2) is 36.5 Å². The summed E-state index contributed by atoms with van der Waals surface area (Å²) in [6.45, 7) is 3.93. The fourth-order valence-electron chi connectivity index (χ4n) is 4.39. The number of carbonyl (C=O) groups excluding carboxylic acids is 2. The fourth-order valence-corrected chi connectivity index (χ4v) is 4.39. The molecule has 0 unspecified atom stereocenters. The SMILES string of the molecule is CCOC(=O)NN(C(=O)OCC)[C@@H]1[C@@H](c2ccc(-c3ccccc3)cc2)C=CC12CC2. The van der Waals surface area contributed by atoms with Crippen molar-refractivity contribution >= 4 is 12.2 Å². The van der Waals surface area contributed by atoms with E-state index in [1.54, 1.807) is 13.8 Å². The van der Waals surface area contributed by atoms with Crippen molar-refractivity contribution in [2.75, 3.05) is 13.2 Å². The second-order valence-corrected chi connectivity index (χ2v) is 7.95. The zero-order valence-electron chi connectivity index (χ0n) is 17.9. The van der Waals surface area contributed by atoms with E-state index in [1.807, 2.05) is 18.2 Å². The molecule has 6 nitrogen and oxygen atoms in total. The van der Waals surface area contributed by atoms with E-state index in [9.17, 15) is 9.59 Å². The predicted octanol–water partition coefficient (Wildman–Crippen LogP) is 5.28. The first kappa shape index (κ1) is 21.0. The highest BCUT2D eigenvalue weighted by Crippen LogP contribution is 2.59. The van der Waals surface area contributed by atoms with Crippen LogP contribution < -0.4 is 5.43 Å². The topological polar surface area (TPSA) is 67.9 Å². The first-order valence-electron chi connectivity index (χ1n) is 10.8. The summed E-state index contributed by atoms with van der Waals surface area (Å²) in [6, 6.07) is 18.3. The maximum absolute atomic E-state index is 12.8. The Hall–Kier alpha value is -3.28. The molecular weight excluding hydrogens is 392 g/mol. The number of carbonyl (C=O) groups is 2. The van der Waals surface area contributed by atoms with Gasteiger partial charge in [0.25, 0.3) is 0 Å². The summed E-state index contributed by atoms with van der Waals surface area (Å²) in [6.07, 6.45) is 5.04. The van der Waals surface area contributed by atoms with E-state index in [-0.39, 0.29) is 30.6 Å². The first-order valence-corrected chi connectivity index (χ1v) is 10.8. The van der Waals surface area contributed by atoms with Gasteiger partial charge >= 0.3 is 12.2 Å². The molecule has 1 spiro atoms. The highest BCUT2D eigenvalue weighted by Gasteiger charge is 2.57. The normalized spacial score (nSPS) is 20.3. The molecular formula is C25H28N2O4. The third-order valence-electron chi connectivity index (χ3n) is 6.02. The average molecular weight is 421 g/mol. The molecule has 2 aliphatic rings. The summed E-state index contributed by atoms with van der Waals surface area (Å²) in [5.74, 6) is -0.0568. The van der Waals surface area contributed by atoms with Crippen molar-refractivity contribution in [3.63, 3.8) is 0 Å². The van der Waals surface area contributed by atoms with Gasteiger partial charge in [0.05, 0.1) is 19.3 Å². The van der Waals surface area contributed by atoms with Crippen LogP contribution in [0.2, 0.25) is 0 Å². The molecule has 6 heteroatoms. The third-order valence-corrected chi connectivity index (χ3v) is 6.02. The van der Waals surface area contributed by atoms with Gasteiger partial charge in [0, 0.05) is 11.3 Å². The molecule has 0 aliphatic heterocycles. The van der Waals surface area contributed by atoms with E-state index < -0.39 is 12.2 Å². The zero-order valence-corrected chi connectivity index (χ0v) is 17.9. The highest BCUT2D eigenvalue weighted by atomic mass is 16.6.